The van der Waals surface area contributed by atoms with Crippen LogP contribution in [-0.2, 0) is 28.6 Å². The van der Waals surface area contributed by atoms with Gasteiger partial charge in [-0.1, -0.05) is 180 Å². The van der Waals surface area contributed by atoms with Crippen LogP contribution >= 0.6 is 0 Å². The summed E-state index contributed by atoms with van der Waals surface area (Å²) in [5.74, 6) is -0.915. The van der Waals surface area contributed by atoms with Gasteiger partial charge in [-0.25, -0.2) is 0 Å². The lowest BCUT2D eigenvalue weighted by atomic mass is 10.0. The second-order valence-corrected chi connectivity index (χ2v) is 14.2. The zero-order valence-corrected chi connectivity index (χ0v) is 33.2. The summed E-state index contributed by atoms with van der Waals surface area (Å²) in [7, 11) is 0. The highest BCUT2D eigenvalue weighted by molar-refractivity contribution is 5.71. The van der Waals surface area contributed by atoms with Crippen molar-refractivity contribution in [3.05, 3.63) is 24.3 Å². The number of unbranched alkanes of at least 4 members (excludes halogenated alkanes) is 23. The lowest BCUT2D eigenvalue weighted by Crippen LogP contribution is -2.30. The number of carbonyl (C=O) groups is 3. The maximum atomic E-state index is 12.6. The minimum atomic E-state index is -0.774. The first-order valence-electron chi connectivity index (χ1n) is 21.3. The van der Waals surface area contributed by atoms with Crippen molar-refractivity contribution >= 4 is 17.9 Å². The molecule has 6 heteroatoms. The third-order valence-electron chi connectivity index (χ3n) is 9.22. The van der Waals surface area contributed by atoms with Crippen molar-refractivity contribution in [2.75, 3.05) is 13.2 Å². The molecule has 0 radical (unpaired) electrons. The average molecular weight is 705 g/mol. The SMILES string of the molecule is CC/C=C\C/C=C\CCCCC(=O)OCC(COC(=O)CCCCCCCCCCCCCC)OC(=O)CCCCCCCCCCCCC. The molecule has 0 aromatic heterocycles. The smallest absolute Gasteiger partial charge is 0.306 e. The van der Waals surface area contributed by atoms with Crippen molar-refractivity contribution in [2.45, 2.75) is 226 Å². The molecule has 0 aromatic rings. The van der Waals surface area contributed by atoms with Gasteiger partial charge in [-0.2, -0.15) is 0 Å². The van der Waals surface area contributed by atoms with Gasteiger partial charge in [0.2, 0.25) is 0 Å². The van der Waals surface area contributed by atoms with Crippen LogP contribution in [0.25, 0.3) is 0 Å². The number of ether oxygens (including phenoxy) is 3. The molecule has 1 atom stereocenters. The largest absolute Gasteiger partial charge is 0.462 e. The van der Waals surface area contributed by atoms with E-state index in [4.69, 9.17) is 14.2 Å². The fourth-order valence-electron chi connectivity index (χ4n) is 6.01. The van der Waals surface area contributed by atoms with Crippen LogP contribution in [0.4, 0.5) is 0 Å². The Morgan fingerprint density at radius 1 is 0.420 bits per heavy atom. The van der Waals surface area contributed by atoms with E-state index < -0.39 is 6.10 Å². The molecule has 0 rings (SSSR count). The summed E-state index contributed by atoms with van der Waals surface area (Å²) in [5, 5.41) is 0. The molecule has 6 nitrogen and oxygen atoms in total. The number of hydrogen-bond donors (Lipinski definition) is 0. The van der Waals surface area contributed by atoms with Gasteiger partial charge >= 0.3 is 17.9 Å². The number of hydrogen-bond acceptors (Lipinski definition) is 6. The molecule has 0 spiro atoms. The summed E-state index contributed by atoms with van der Waals surface area (Å²) >= 11 is 0. The van der Waals surface area contributed by atoms with Gasteiger partial charge in [-0.3, -0.25) is 14.4 Å². The zero-order valence-electron chi connectivity index (χ0n) is 33.2. The van der Waals surface area contributed by atoms with Crippen LogP contribution in [0.5, 0.6) is 0 Å². The molecule has 0 N–H and O–H groups in total. The van der Waals surface area contributed by atoms with Crippen LogP contribution in [0.3, 0.4) is 0 Å². The highest BCUT2D eigenvalue weighted by Gasteiger charge is 2.19. The minimum absolute atomic E-state index is 0.0777. The Morgan fingerprint density at radius 3 is 1.20 bits per heavy atom. The van der Waals surface area contributed by atoms with E-state index in [9.17, 15) is 14.4 Å². The Balaban J connectivity index is 4.37. The van der Waals surface area contributed by atoms with Crippen molar-refractivity contribution < 1.29 is 28.6 Å². The Bertz CT molecular complexity index is 819. The maximum Gasteiger partial charge on any atom is 0.306 e. The lowest BCUT2D eigenvalue weighted by Gasteiger charge is -2.18. The van der Waals surface area contributed by atoms with E-state index in [1.54, 1.807) is 0 Å². The second kappa shape index (κ2) is 39.7. The molecule has 292 valence electrons. The Labute approximate surface area is 309 Å². The highest BCUT2D eigenvalue weighted by Crippen LogP contribution is 2.15. The summed E-state index contributed by atoms with van der Waals surface area (Å²) in [5.41, 5.74) is 0. The number of carbonyl (C=O) groups excluding carboxylic acids is 3. The quantitative estimate of drug-likeness (QED) is 0.0275. The van der Waals surface area contributed by atoms with Gasteiger partial charge < -0.3 is 14.2 Å². The van der Waals surface area contributed by atoms with Crippen LogP contribution < -0.4 is 0 Å². The van der Waals surface area contributed by atoms with E-state index in [-0.39, 0.29) is 31.1 Å². The van der Waals surface area contributed by atoms with Crippen LogP contribution in [0.1, 0.15) is 220 Å². The molecule has 0 heterocycles. The third kappa shape index (κ3) is 37.2. The van der Waals surface area contributed by atoms with Gasteiger partial charge in [-0.15, -0.1) is 0 Å². The predicted octanol–water partition coefficient (Wildman–Crippen LogP) is 13.2. The topological polar surface area (TPSA) is 78.9 Å². The molecule has 0 fully saturated rings. The average Bonchev–Trinajstić information content (AvgIpc) is 3.11. The summed E-state index contributed by atoms with van der Waals surface area (Å²) in [4.78, 5) is 37.5. The van der Waals surface area contributed by atoms with Crippen molar-refractivity contribution in [1.82, 2.24) is 0 Å². The van der Waals surface area contributed by atoms with Crippen LogP contribution in [0.15, 0.2) is 24.3 Å². The highest BCUT2D eigenvalue weighted by atomic mass is 16.6. The first-order chi connectivity index (χ1) is 24.5. The number of rotatable bonds is 38. The molecule has 0 saturated heterocycles. The number of allylic oxidation sites excluding steroid dienone is 4. The van der Waals surface area contributed by atoms with Crippen molar-refractivity contribution in [3.63, 3.8) is 0 Å². The summed E-state index contributed by atoms with van der Waals surface area (Å²) in [6.45, 7) is 6.46. The monoisotopic (exact) mass is 705 g/mol. The van der Waals surface area contributed by atoms with E-state index in [0.717, 1.165) is 70.6 Å². The first kappa shape index (κ1) is 47.9. The molecular weight excluding hydrogens is 624 g/mol. The van der Waals surface area contributed by atoms with Gasteiger partial charge in [0.25, 0.3) is 0 Å². The van der Waals surface area contributed by atoms with E-state index >= 15 is 0 Å². The van der Waals surface area contributed by atoms with E-state index in [1.807, 2.05) is 0 Å². The van der Waals surface area contributed by atoms with E-state index in [2.05, 4.69) is 45.1 Å². The van der Waals surface area contributed by atoms with Crippen LogP contribution in [0, 0.1) is 0 Å². The summed E-state index contributed by atoms with van der Waals surface area (Å²) < 4.78 is 16.6. The molecule has 1 unspecified atom stereocenters. The van der Waals surface area contributed by atoms with Crippen molar-refractivity contribution in [2.24, 2.45) is 0 Å². The fourth-order valence-corrected chi connectivity index (χ4v) is 6.01. The van der Waals surface area contributed by atoms with Crippen molar-refractivity contribution in [1.29, 1.82) is 0 Å². The third-order valence-corrected chi connectivity index (χ3v) is 9.22. The molecule has 0 amide bonds. The molecule has 0 aliphatic carbocycles. The lowest BCUT2D eigenvalue weighted by molar-refractivity contribution is -0.167. The van der Waals surface area contributed by atoms with Crippen molar-refractivity contribution in [3.8, 4) is 0 Å². The normalized spacial score (nSPS) is 12.1. The molecule has 50 heavy (non-hydrogen) atoms. The van der Waals surface area contributed by atoms with E-state index in [1.165, 1.54) is 109 Å². The van der Waals surface area contributed by atoms with Gasteiger partial charge in [0, 0.05) is 19.3 Å². The van der Waals surface area contributed by atoms with Gasteiger partial charge in [-0.05, 0) is 44.9 Å². The van der Waals surface area contributed by atoms with E-state index in [0.29, 0.717) is 19.3 Å². The molecule has 0 aliphatic heterocycles. The molecule has 0 bridgehead atoms. The minimum Gasteiger partial charge on any atom is -0.462 e. The number of esters is 3. The Kier molecular flexibility index (Phi) is 38.0. The maximum absolute atomic E-state index is 12.6. The second-order valence-electron chi connectivity index (χ2n) is 14.2. The molecular formula is C44H80O6. The van der Waals surface area contributed by atoms with Gasteiger partial charge in [0.15, 0.2) is 6.10 Å². The molecule has 0 aromatic carbocycles. The van der Waals surface area contributed by atoms with Gasteiger partial charge in [0.1, 0.15) is 13.2 Å². The predicted molar refractivity (Wildman–Crippen MR) is 210 cm³/mol. The van der Waals surface area contributed by atoms with Crippen LogP contribution in [-0.4, -0.2) is 37.2 Å². The zero-order chi connectivity index (χ0) is 36.6. The molecule has 0 saturated carbocycles. The van der Waals surface area contributed by atoms with Crippen LogP contribution in [0.2, 0.25) is 0 Å². The Hall–Kier alpha value is -2.11. The summed E-state index contributed by atoms with van der Waals surface area (Å²) in [6, 6.07) is 0. The fraction of sp³-hybridized carbons (Fsp3) is 0.841. The first-order valence-corrected chi connectivity index (χ1v) is 21.3. The Morgan fingerprint density at radius 2 is 0.780 bits per heavy atom. The summed E-state index contributed by atoms with van der Waals surface area (Å²) in [6.07, 6.45) is 41.7. The van der Waals surface area contributed by atoms with Gasteiger partial charge in [0.05, 0.1) is 0 Å². The molecule has 0 aliphatic rings. The standard InChI is InChI=1S/C44H80O6/c1-4-7-10-13-16-19-21-23-25-28-31-34-37-43(46)49-40-41(39-48-42(45)36-33-30-27-24-18-15-12-9-6-3)50-44(47)38-35-32-29-26-22-20-17-14-11-8-5-2/h9,12,18,24,41H,4-8,10-11,13-17,19-23,25-40H2,1-3H3/b12-9-,24-18-.